The van der Waals surface area contributed by atoms with Crippen LogP contribution in [0.5, 0.6) is 5.75 Å². The monoisotopic (exact) mass is 1160 g/mol. The van der Waals surface area contributed by atoms with Crippen LogP contribution in [0.3, 0.4) is 0 Å². The molecule has 6 atom stereocenters. The van der Waals surface area contributed by atoms with Crippen LogP contribution < -0.4 is 14.6 Å². The minimum absolute atomic E-state index is 0.119. The van der Waals surface area contributed by atoms with E-state index in [2.05, 4.69) is 97.9 Å². The first kappa shape index (κ1) is 74.3. The first-order valence-electron chi connectivity index (χ1n) is 32.2. The van der Waals surface area contributed by atoms with Gasteiger partial charge in [0.15, 0.2) is 5.75 Å². The topological polar surface area (TPSA) is 131 Å². The summed E-state index contributed by atoms with van der Waals surface area (Å²) in [6.45, 7) is 31.5. The number of benzene rings is 1. The van der Waals surface area contributed by atoms with Gasteiger partial charge in [-0.25, -0.2) is 0 Å². The zero-order valence-corrected chi connectivity index (χ0v) is 54.9. The highest BCUT2D eigenvalue weighted by Crippen LogP contribution is 2.49. The number of aliphatic carboxylic acids is 3. The highest BCUT2D eigenvalue weighted by Gasteiger charge is 2.36. The highest BCUT2D eigenvalue weighted by molar-refractivity contribution is 7.80. The van der Waals surface area contributed by atoms with Crippen LogP contribution >= 0.6 is 36.7 Å². The van der Waals surface area contributed by atoms with Gasteiger partial charge in [0.05, 0.1) is 19.3 Å². The quantitative estimate of drug-likeness (QED) is 0.0423. The lowest BCUT2D eigenvalue weighted by Gasteiger charge is -2.42. The van der Waals surface area contributed by atoms with Crippen molar-refractivity contribution in [2.45, 2.75) is 276 Å². The Morgan fingerprint density at radius 2 is 0.608 bits per heavy atom. The van der Waals surface area contributed by atoms with E-state index in [1.165, 1.54) is 0 Å². The van der Waals surface area contributed by atoms with Gasteiger partial charge in [0.25, 0.3) is 0 Å². The number of rotatable bonds is 52. The summed E-state index contributed by atoms with van der Waals surface area (Å²) < 4.78 is 0. The number of anilines is 2. The maximum atomic E-state index is 12.9. The number of hydrogen-bond donors (Lipinski definition) is 3. The van der Waals surface area contributed by atoms with Crippen molar-refractivity contribution in [1.82, 2.24) is 5.06 Å². The summed E-state index contributed by atoms with van der Waals surface area (Å²) in [4.78, 5) is 52.8. The third-order valence-electron chi connectivity index (χ3n) is 16.8. The molecule has 456 valence electrons. The number of carboxylic acids is 3. The number of nitrogens with zero attached hydrogens (tertiary/aromatic N) is 3. The minimum Gasteiger partial charge on any atom is -0.481 e. The molecule has 0 aromatic heterocycles. The molecule has 0 amide bonds. The molecule has 13 heteroatoms. The first-order valence-corrected chi connectivity index (χ1v) is 33.4. The normalized spacial score (nSPS) is 13.9. The molecule has 0 spiro atoms. The summed E-state index contributed by atoms with van der Waals surface area (Å²) in [6, 6.07) is 0. The minimum atomic E-state index is -1.00. The lowest BCUT2D eigenvalue weighted by atomic mass is 9.86. The molecule has 1 aromatic carbocycles. The Labute approximate surface area is 500 Å². The molecular formula is C66H117N3O7S3. The van der Waals surface area contributed by atoms with Crippen LogP contribution in [0, 0.1) is 35.5 Å². The molecule has 0 aliphatic heterocycles. The van der Waals surface area contributed by atoms with E-state index in [1.54, 1.807) is 0 Å². The van der Waals surface area contributed by atoms with E-state index in [0.29, 0.717) is 68.9 Å². The Morgan fingerprint density at radius 1 is 0.380 bits per heavy atom. The van der Waals surface area contributed by atoms with Crippen LogP contribution in [-0.2, 0) is 33.6 Å². The van der Waals surface area contributed by atoms with Gasteiger partial charge in [-0.1, -0.05) is 235 Å². The van der Waals surface area contributed by atoms with Gasteiger partial charge in [-0.2, -0.15) is 0 Å². The third kappa shape index (κ3) is 29.4. The molecule has 0 fully saturated rings. The molecular weight excluding hydrogens is 1040 g/mol. The van der Waals surface area contributed by atoms with E-state index >= 15 is 0 Å². The summed E-state index contributed by atoms with van der Waals surface area (Å²) in [5, 5.41) is 33.7. The number of unbranched alkanes of at least 4 members (excludes halogenated alkanes) is 6. The SMILES string of the molecule is CCCCC(CC)CN(CC(CC)CCCC)Oc1c(CC(=S)CC(=O)O)c(N(CC(CC)CCCC)CC(CC)CCCC)c(CC(=S)CC(=O)O)c(N(CC(CC)CCCC)CC(CC)CCCC)c1CC(=S)CC(=O)O. The van der Waals surface area contributed by atoms with Crippen LogP contribution in [0.15, 0.2) is 0 Å². The predicted octanol–water partition coefficient (Wildman–Crippen LogP) is 18.4. The highest BCUT2D eigenvalue weighted by atomic mass is 32.1. The van der Waals surface area contributed by atoms with Crippen molar-refractivity contribution in [1.29, 1.82) is 0 Å². The van der Waals surface area contributed by atoms with Crippen LogP contribution in [-0.4, -0.2) is 92.2 Å². The number of hydrogen-bond acceptors (Lipinski definition) is 10. The van der Waals surface area contributed by atoms with Crippen molar-refractivity contribution in [2.75, 3.05) is 49.1 Å². The lowest BCUT2D eigenvalue weighted by Crippen LogP contribution is -2.41. The second kappa shape index (κ2) is 43.9. The first-order chi connectivity index (χ1) is 37.9. The molecule has 1 aromatic rings. The van der Waals surface area contributed by atoms with Gasteiger partial charge in [0.2, 0.25) is 0 Å². The van der Waals surface area contributed by atoms with Crippen LogP contribution in [0.4, 0.5) is 11.4 Å². The fraction of sp³-hybridized carbons (Fsp3) is 0.818. The van der Waals surface area contributed by atoms with E-state index in [-0.39, 0.29) is 38.5 Å². The Morgan fingerprint density at radius 3 is 0.823 bits per heavy atom. The average Bonchev–Trinajstić information content (AvgIpc) is 3.42. The van der Waals surface area contributed by atoms with E-state index in [4.69, 9.17) is 41.5 Å². The number of hydroxylamine groups is 2. The van der Waals surface area contributed by atoms with Gasteiger partial charge in [0, 0.05) is 101 Å². The van der Waals surface area contributed by atoms with Crippen molar-refractivity contribution in [3.05, 3.63) is 16.7 Å². The predicted molar refractivity (Wildman–Crippen MR) is 349 cm³/mol. The fourth-order valence-corrected chi connectivity index (χ4v) is 12.5. The van der Waals surface area contributed by atoms with E-state index in [1.807, 2.05) is 0 Å². The molecule has 0 saturated carbocycles. The van der Waals surface area contributed by atoms with Gasteiger partial charge >= 0.3 is 17.9 Å². The van der Waals surface area contributed by atoms with Crippen molar-refractivity contribution in [2.24, 2.45) is 35.5 Å². The average molecular weight is 1160 g/mol. The Bertz CT molecular complexity index is 1760. The van der Waals surface area contributed by atoms with Crippen LogP contribution in [0.2, 0.25) is 0 Å². The molecule has 0 bridgehead atoms. The van der Waals surface area contributed by atoms with E-state index < -0.39 is 17.9 Å². The molecule has 0 aliphatic carbocycles. The van der Waals surface area contributed by atoms with Crippen molar-refractivity contribution in [3.63, 3.8) is 0 Å². The lowest BCUT2D eigenvalue weighted by molar-refractivity contribution is -0.136. The molecule has 0 aliphatic rings. The molecule has 0 heterocycles. The zero-order valence-electron chi connectivity index (χ0n) is 52.5. The summed E-state index contributed by atoms with van der Waals surface area (Å²) in [7, 11) is 0. The van der Waals surface area contributed by atoms with Gasteiger partial charge in [-0.15, -0.1) is 5.06 Å². The second-order valence-electron chi connectivity index (χ2n) is 23.6. The van der Waals surface area contributed by atoms with Crippen molar-refractivity contribution >= 4 is 80.5 Å². The van der Waals surface area contributed by atoms with Gasteiger partial charge in [0.1, 0.15) is 0 Å². The fourth-order valence-electron chi connectivity index (χ4n) is 11.6. The zero-order chi connectivity index (χ0) is 59.3. The van der Waals surface area contributed by atoms with Gasteiger partial charge in [-0.05, 0) is 74.0 Å². The second-order valence-corrected chi connectivity index (χ2v) is 25.3. The molecule has 79 heavy (non-hydrogen) atoms. The molecule has 0 radical (unpaired) electrons. The standard InChI is InChI=1S/C66H117N3O7S3/c1-13-25-31-49(19-7)43-67(44-50(20-8)32-26-14-2)64-58(37-55(77)40-61(70)71)65(68(45-51(21-9)33-27-15-3)46-52(22-10)34-28-16-4)60(39-57(79)42-63(74)75)66(59(64)38-56(78)41-62(72)73)76-69(47-53(23-11)35-29-17-5)48-54(24-12)36-30-18-6/h49-54H,13-48H2,1-12H3,(H,70,71)(H,72,73)(H,74,75). The third-order valence-corrected chi connectivity index (χ3v) is 17.7. The van der Waals surface area contributed by atoms with Gasteiger partial charge in [-0.3, -0.25) is 14.4 Å². The number of thiocarbonyl (C=S) groups is 3. The largest absolute Gasteiger partial charge is 0.481 e. The summed E-state index contributed by atoms with van der Waals surface area (Å²) in [5.41, 5.74) is 4.37. The van der Waals surface area contributed by atoms with Crippen molar-refractivity contribution < 1.29 is 34.5 Å². The van der Waals surface area contributed by atoms with Gasteiger partial charge < -0.3 is 30.0 Å². The summed E-state index contributed by atoms with van der Waals surface area (Å²) >= 11 is 18.8. The maximum absolute atomic E-state index is 12.9. The number of carboxylic acid groups (broad SMARTS) is 3. The number of carbonyl (C=O) groups is 3. The van der Waals surface area contributed by atoms with Crippen LogP contribution in [0.25, 0.3) is 0 Å². The Hall–Kier alpha value is -2.74. The smallest absolute Gasteiger partial charge is 0.308 e. The van der Waals surface area contributed by atoms with Crippen molar-refractivity contribution in [3.8, 4) is 5.75 Å². The Kier molecular flexibility index (Phi) is 41.2. The Balaban J connectivity index is 5.56. The molecule has 3 N–H and O–H groups in total. The molecule has 6 unspecified atom stereocenters. The maximum Gasteiger partial charge on any atom is 0.308 e. The summed E-state index contributed by atoms with van der Waals surface area (Å²) in [5.74, 6) is -0.388. The molecule has 0 saturated heterocycles. The van der Waals surface area contributed by atoms with Crippen LogP contribution in [0.1, 0.15) is 273 Å². The van der Waals surface area contributed by atoms with E-state index in [0.717, 1.165) is 208 Å². The molecule has 10 nitrogen and oxygen atoms in total. The summed E-state index contributed by atoms with van der Waals surface area (Å²) in [6.07, 6.45) is 24.7. The molecule has 1 rings (SSSR count). The van der Waals surface area contributed by atoms with E-state index in [9.17, 15) is 29.7 Å².